The highest BCUT2D eigenvalue weighted by atomic mass is 19.1. The predicted octanol–water partition coefficient (Wildman–Crippen LogP) is 1.42. The Morgan fingerprint density at radius 3 is 2.92 bits per heavy atom. The van der Waals surface area contributed by atoms with E-state index in [0.717, 1.165) is 18.5 Å². The Morgan fingerprint density at radius 1 is 1.58 bits per heavy atom. The normalized spacial score (nSPS) is 10.2. The van der Waals surface area contributed by atoms with Crippen molar-refractivity contribution in [2.24, 2.45) is 5.73 Å². The topological polar surface area (TPSA) is 38.9 Å². The van der Waals surface area contributed by atoms with Gasteiger partial charge >= 0.3 is 0 Å². The molecule has 0 atom stereocenters. The molecule has 0 saturated heterocycles. The Bertz CT molecular complexity index is 261. The molecule has 0 aliphatic carbocycles. The molecule has 0 aliphatic heterocycles. The molecular weight excluding hydrogens is 155 g/mol. The lowest BCUT2D eigenvalue weighted by molar-refractivity contribution is 0.610. The summed E-state index contributed by atoms with van der Waals surface area (Å²) >= 11 is 0. The number of hydrogen-bond acceptors (Lipinski definition) is 2. The maximum atomic E-state index is 12.9. The number of nitrogens with two attached hydrogens (primary N) is 1. The van der Waals surface area contributed by atoms with Gasteiger partial charge in [0.1, 0.15) is 5.82 Å². The molecule has 0 unspecified atom stereocenters. The molecule has 3 heteroatoms. The number of pyridine rings is 1. The van der Waals surface area contributed by atoms with Gasteiger partial charge in [0, 0.05) is 17.5 Å². The first-order valence-corrected chi connectivity index (χ1v) is 4.05. The molecule has 1 rings (SSSR count). The van der Waals surface area contributed by atoms with E-state index in [4.69, 9.17) is 5.73 Å². The van der Waals surface area contributed by atoms with Crippen LogP contribution in [0.4, 0.5) is 4.39 Å². The van der Waals surface area contributed by atoms with Crippen molar-refractivity contribution in [3.63, 3.8) is 0 Å². The molecular formula is C9H13FN2. The third-order valence-electron chi connectivity index (χ3n) is 1.73. The van der Waals surface area contributed by atoms with Crippen LogP contribution in [0.1, 0.15) is 17.7 Å². The van der Waals surface area contributed by atoms with E-state index in [2.05, 4.69) is 4.98 Å². The van der Waals surface area contributed by atoms with Crippen molar-refractivity contribution in [1.82, 2.24) is 4.98 Å². The summed E-state index contributed by atoms with van der Waals surface area (Å²) in [6.07, 6.45) is 3.17. The maximum absolute atomic E-state index is 12.9. The quantitative estimate of drug-likeness (QED) is 0.741. The molecule has 2 N–H and O–H groups in total. The van der Waals surface area contributed by atoms with E-state index in [1.54, 1.807) is 13.1 Å². The SMILES string of the molecule is Cc1cnc(CCCN)cc1F. The summed E-state index contributed by atoms with van der Waals surface area (Å²) in [6, 6.07) is 1.48. The van der Waals surface area contributed by atoms with Crippen molar-refractivity contribution in [1.29, 1.82) is 0 Å². The molecule has 0 saturated carbocycles. The van der Waals surface area contributed by atoms with Crippen LogP contribution in [0.2, 0.25) is 0 Å². The van der Waals surface area contributed by atoms with E-state index < -0.39 is 0 Å². The number of aromatic nitrogens is 1. The number of hydrogen-bond donors (Lipinski definition) is 1. The Hall–Kier alpha value is -0.960. The minimum atomic E-state index is -0.183. The average Bonchev–Trinajstić information content (AvgIpc) is 2.07. The standard InChI is InChI=1S/C9H13FN2/c1-7-6-12-8(3-2-4-11)5-9(7)10/h5-6H,2-4,11H2,1H3. The van der Waals surface area contributed by atoms with E-state index in [1.165, 1.54) is 6.07 Å². The largest absolute Gasteiger partial charge is 0.330 e. The fourth-order valence-electron chi connectivity index (χ4n) is 0.959. The van der Waals surface area contributed by atoms with Gasteiger partial charge in [-0.05, 0) is 32.4 Å². The van der Waals surface area contributed by atoms with E-state index >= 15 is 0 Å². The van der Waals surface area contributed by atoms with Gasteiger partial charge in [0.15, 0.2) is 0 Å². The molecule has 1 aromatic rings. The summed E-state index contributed by atoms with van der Waals surface area (Å²) in [5.41, 5.74) is 6.69. The van der Waals surface area contributed by atoms with E-state index in [9.17, 15) is 4.39 Å². The van der Waals surface area contributed by atoms with Gasteiger partial charge in [0.2, 0.25) is 0 Å². The van der Waals surface area contributed by atoms with Crippen LogP contribution in [0, 0.1) is 12.7 Å². The zero-order valence-corrected chi connectivity index (χ0v) is 7.18. The Morgan fingerprint density at radius 2 is 2.33 bits per heavy atom. The van der Waals surface area contributed by atoms with Crippen LogP contribution in [-0.4, -0.2) is 11.5 Å². The second kappa shape index (κ2) is 4.16. The molecule has 1 aromatic heterocycles. The van der Waals surface area contributed by atoms with Gasteiger partial charge in [-0.2, -0.15) is 0 Å². The Kier molecular flexibility index (Phi) is 3.17. The van der Waals surface area contributed by atoms with Crippen molar-refractivity contribution in [3.8, 4) is 0 Å². The third-order valence-corrected chi connectivity index (χ3v) is 1.73. The molecule has 0 aliphatic rings. The molecule has 0 aromatic carbocycles. The lowest BCUT2D eigenvalue weighted by Crippen LogP contribution is -2.02. The maximum Gasteiger partial charge on any atom is 0.129 e. The Labute approximate surface area is 71.6 Å². The Balaban J connectivity index is 2.69. The van der Waals surface area contributed by atoms with Crippen LogP contribution in [0.5, 0.6) is 0 Å². The predicted molar refractivity (Wildman–Crippen MR) is 46.3 cm³/mol. The number of halogens is 1. The molecule has 0 radical (unpaired) electrons. The number of nitrogens with zero attached hydrogens (tertiary/aromatic N) is 1. The minimum Gasteiger partial charge on any atom is -0.330 e. The number of rotatable bonds is 3. The second-order valence-corrected chi connectivity index (χ2v) is 2.82. The average molecular weight is 168 g/mol. The van der Waals surface area contributed by atoms with Crippen LogP contribution in [0.15, 0.2) is 12.3 Å². The van der Waals surface area contributed by atoms with Crippen LogP contribution in [0.3, 0.4) is 0 Å². The molecule has 66 valence electrons. The van der Waals surface area contributed by atoms with Gasteiger partial charge in [0.25, 0.3) is 0 Å². The van der Waals surface area contributed by atoms with Crippen molar-refractivity contribution < 1.29 is 4.39 Å². The third kappa shape index (κ3) is 2.27. The molecule has 0 bridgehead atoms. The van der Waals surface area contributed by atoms with Crippen LogP contribution >= 0.6 is 0 Å². The van der Waals surface area contributed by atoms with Crippen molar-refractivity contribution in [3.05, 3.63) is 29.3 Å². The molecule has 0 amide bonds. The van der Waals surface area contributed by atoms with E-state index in [0.29, 0.717) is 12.1 Å². The second-order valence-electron chi connectivity index (χ2n) is 2.82. The van der Waals surface area contributed by atoms with Gasteiger partial charge in [-0.1, -0.05) is 0 Å². The van der Waals surface area contributed by atoms with Crippen molar-refractivity contribution >= 4 is 0 Å². The molecule has 0 spiro atoms. The first-order chi connectivity index (χ1) is 5.74. The zero-order valence-electron chi connectivity index (χ0n) is 7.18. The van der Waals surface area contributed by atoms with Crippen LogP contribution in [0.25, 0.3) is 0 Å². The van der Waals surface area contributed by atoms with Crippen LogP contribution in [-0.2, 0) is 6.42 Å². The molecule has 2 nitrogen and oxygen atoms in total. The fourth-order valence-corrected chi connectivity index (χ4v) is 0.959. The van der Waals surface area contributed by atoms with Crippen molar-refractivity contribution in [2.45, 2.75) is 19.8 Å². The fraction of sp³-hybridized carbons (Fsp3) is 0.444. The molecule has 1 heterocycles. The highest BCUT2D eigenvalue weighted by molar-refractivity contribution is 5.14. The van der Waals surface area contributed by atoms with Crippen LogP contribution < -0.4 is 5.73 Å². The van der Waals surface area contributed by atoms with E-state index in [1.807, 2.05) is 0 Å². The summed E-state index contributed by atoms with van der Waals surface area (Å²) in [4.78, 5) is 4.08. The lowest BCUT2D eigenvalue weighted by atomic mass is 10.2. The van der Waals surface area contributed by atoms with Gasteiger partial charge in [-0.25, -0.2) is 4.39 Å². The lowest BCUT2D eigenvalue weighted by Gasteiger charge is -2.00. The summed E-state index contributed by atoms with van der Waals surface area (Å²) in [7, 11) is 0. The smallest absolute Gasteiger partial charge is 0.129 e. The summed E-state index contributed by atoms with van der Waals surface area (Å²) < 4.78 is 12.9. The monoisotopic (exact) mass is 168 g/mol. The van der Waals surface area contributed by atoms with Gasteiger partial charge < -0.3 is 5.73 Å². The highest BCUT2D eigenvalue weighted by Gasteiger charge is 1.99. The molecule has 0 fully saturated rings. The van der Waals surface area contributed by atoms with Gasteiger partial charge in [-0.15, -0.1) is 0 Å². The van der Waals surface area contributed by atoms with Gasteiger partial charge in [0.05, 0.1) is 0 Å². The first-order valence-electron chi connectivity index (χ1n) is 4.05. The first kappa shape index (κ1) is 9.13. The summed E-state index contributed by atoms with van der Waals surface area (Å²) in [5, 5.41) is 0. The number of aryl methyl sites for hydroxylation is 2. The molecule has 12 heavy (non-hydrogen) atoms. The van der Waals surface area contributed by atoms with Crippen molar-refractivity contribution in [2.75, 3.05) is 6.54 Å². The minimum absolute atomic E-state index is 0.183. The summed E-state index contributed by atoms with van der Waals surface area (Å²) in [5.74, 6) is -0.183. The zero-order chi connectivity index (χ0) is 8.97. The highest BCUT2D eigenvalue weighted by Crippen LogP contribution is 2.06. The van der Waals surface area contributed by atoms with Gasteiger partial charge in [-0.3, -0.25) is 4.98 Å². The summed E-state index contributed by atoms with van der Waals surface area (Å²) in [6.45, 7) is 2.33. The van der Waals surface area contributed by atoms with E-state index in [-0.39, 0.29) is 5.82 Å².